The first-order valence-corrected chi connectivity index (χ1v) is 8.52. The molecule has 6 heteroatoms. The third-order valence-electron chi connectivity index (χ3n) is 3.26. The van der Waals surface area contributed by atoms with Crippen molar-refractivity contribution in [3.05, 3.63) is 33.8 Å². The summed E-state index contributed by atoms with van der Waals surface area (Å²) in [6.07, 6.45) is 0.773. The van der Waals surface area contributed by atoms with Gasteiger partial charge < -0.3 is 0 Å². The molecule has 0 aliphatic heterocycles. The Kier molecular flexibility index (Phi) is 4.01. The first-order chi connectivity index (χ1) is 8.78. The number of halogens is 1. The molecule has 0 bridgehead atoms. The van der Waals surface area contributed by atoms with E-state index in [1.54, 1.807) is 6.07 Å². The Labute approximate surface area is 121 Å². The van der Waals surface area contributed by atoms with Gasteiger partial charge in [0.25, 0.3) is 0 Å². The quantitative estimate of drug-likeness (QED) is 0.910. The second-order valence-corrected chi connectivity index (χ2v) is 7.72. The summed E-state index contributed by atoms with van der Waals surface area (Å²) in [5, 5.41) is 0. The molecule has 0 spiro atoms. The Balaban J connectivity index is 2.06. The van der Waals surface area contributed by atoms with Crippen molar-refractivity contribution in [1.29, 1.82) is 0 Å². The van der Waals surface area contributed by atoms with E-state index in [0.717, 1.165) is 16.5 Å². The van der Waals surface area contributed by atoms with Crippen molar-refractivity contribution in [2.24, 2.45) is 11.8 Å². The molecule has 2 atom stereocenters. The Morgan fingerprint density at radius 1 is 1.47 bits per heavy atom. The van der Waals surface area contributed by atoms with Gasteiger partial charge in [-0.15, -0.1) is 0 Å². The summed E-state index contributed by atoms with van der Waals surface area (Å²) < 4.78 is 26.8. The van der Waals surface area contributed by atoms with Gasteiger partial charge in [0.2, 0.25) is 15.9 Å². The van der Waals surface area contributed by atoms with Crippen molar-refractivity contribution in [1.82, 2.24) is 4.72 Å². The van der Waals surface area contributed by atoms with Gasteiger partial charge in [0.1, 0.15) is 0 Å². The van der Waals surface area contributed by atoms with Crippen molar-refractivity contribution in [3.8, 4) is 0 Å². The van der Waals surface area contributed by atoms with Crippen LogP contribution in [0.25, 0.3) is 0 Å². The van der Waals surface area contributed by atoms with Crippen molar-refractivity contribution in [2.45, 2.75) is 26.0 Å². The Morgan fingerprint density at radius 3 is 2.63 bits per heavy atom. The van der Waals surface area contributed by atoms with Crippen LogP contribution in [0.15, 0.2) is 22.7 Å². The molecule has 1 aliphatic carbocycles. The number of hydrogen-bond acceptors (Lipinski definition) is 3. The van der Waals surface area contributed by atoms with Gasteiger partial charge in [0, 0.05) is 10.4 Å². The first-order valence-electron chi connectivity index (χ1n) is 6.08. The number of hydrogen-bond donors (Lipinski definition) is 1. The average molecular weight is 346 g/mol. The summed E-state index contributed by atoms with van der Waals surface area (Å²) in [4.78, 5) is 11.7. The summed E-state index contributed by atoms with van der Waals surface area (Å²) >= 11 is 3.34. The molecule has 1 saturated carbocycles. The third-order valence-corrected chi connectivity index (χ3v) is 5.20. The highest BCUT2D eigenvalue weighted by Crippen LogP contribution is 2.37. The second-order valence-electron chi connectivity index (χ2n) is 5.14. The van der Waals surface area contributed by atoms with Gasteiger partial charge in [-0.25, -0.2) is 8.42 Å². The fraction of sp³-hybridized carbons (Fsp3) is 0.462. The van der Waals surface area contributed by atoms with Crippen molar-refractivity contribution >= 4 is 31.9 Å². The summed E-state index contributed by atoms with van der Waals surface area (Å²) in [5.74, 6) is -0.422. The number of amides is 1. The molecule has 0 aromatic heterocycles. The van der Waals surface area contributed by atoms with Crippen LogP contribution in [0, 0.1) is 18.8 Å². The Bertz CT molecular complexity index is 612. The normalized spacial score (nSPS) is 22.1. The van der Waals surface area contributed by atoms with Gasteiger partial charge in [-0.2, -0.15) is 0 Å². The minimum Gasteiger partial charge on any atom is -0.274 e. The summed E-state index contributed by atoms with van der Waals surface area (Å²) in [7, 11) is -3.63. The van der Waals surface area contributed by atoms with Crippen LogP contribution >= 0.6 is 15.9 Å². The lowest BCUT2D eigenvalue weighted by molar-refractivity contribution is -0.120. The van der Waals surface area contributed by atoms with E-state index in [1.165, 1.54) is 0 Å². The van der Waals surface area contributed by atoms with Gasteiger partial charge in [-0.05, 0) is 36.5 Å². The number of nitrogens with one attached hydrogen (secondary N) is 1. The zero-order valence-corrected chi connectivity index (χ0v) is 13.2. The molecule has 1 N–H and O–H groups in total. The Hall–Kier alpha value is -0.880. The standard InChI is InChI=1S/C13H16BrNO3S/c1-8-3-4-10(12(14)5-8)7-19(17,18)15-13(16)11-6-9(11)2/h3-5,9,11H,6-7H2,1-2H3,(H,15,16)/t9-,11+/m1/s1. The highest BCUT2D eigenvalue weighted by molar-refractivity contribution is 9.10. The lowest BCUT2D eigenvalue weighted by Gasteiger charge is -2.08. The van der Waals surface area contributed by atoms with Crippen LogP contribution in [0.4, 0.5) is 0 Å². The predicted octanol–water partition coefficient (Wildman–Crippen LogP) is 2.36. The van der Waals surface area contributed by atoms with Crippen molar-refractivity contribution < 1.29 is 13.2 Å². The maximum Gasteiger partial charge on any atom is 0.239 e. The van der Waals surface area contributed by atoms with E-state index in [0.29, 0.717) is 11.5 Å². The number of carbonyl (C=O) groups is 1. The highest BCUT2D eigenvalue weighted by atomic mass is 79.9. The number of sulfonamides is 1. The van der Waals surface area contributed by atoms with Crippen LogP contribution < -0.4 is 4.72 Å². The Morgan fingerprint density at radius 2 is 2.11 bits per heavy atom. The minimum absolute atomic E-state index is 0.142. The summed E-state index contributed by atoms with van der Waals surface area (Å²) in [6, 6.07) is 5.46. The maximum absolute atomic E-state index is 11.9. The van der Waals surface area contributed by atoms with Crippen LogP contribution in [-0.4, -0.2) is 14.3 Å². The van der Waals surface area contributed by atoms with E-state index in [-0.39, 0.29) is 17.6 Å². The number of aryl methyl sites for hydroxylation is 1. The van der Waals surface area contributed by atoms with E-state index in [2.05, 4.69) is 20.7 Å². The van der Waals surface area contributed by atoms with Gasteiger partial charge in [0.05, 0.1) is 5.75 Å². The molecule has 1 aromatic carbocycles. The van der Waals surface area contributed by atoms with Crippen LogP contribution in [-0.2, 0) is 20.6 Å². The largest absolute Gasteiger partial charge is 0.274 e. The molecular formula is C13H16BrNO3S. The van der Waals surface area contributed by atoms with Crippen molar-refractivity contribution in [2.75, 3.05) is 0 Å². The van der Waals surface area contributed by atoms with Crippen molar-refractivity contribution in [3.63, 3.8) is 0 Å². The second kappa shape index (κ2) is 5.25. The molecule has 0 radical (unpaired) electrons. The topological polar surface area (TPSA) is 63.2 Å². The first kappa shape index (κ1) is 14.5. The molecule has 19 heavy (non-hydrogen) atoms. The zero-order chi connectivity index (χ0) is 14.2. The van der Waals surface area contributed by atoms with Crippen LogP contribution in [0.5, 0.6) is 0 Å². The predicted molar refractivity (Wildman–Crippen MR) is 76.9 cm³/mol. The van der Waals surface area contributed by atoms with Crippen LogP contribution in [0.2, 0.25) is 0 Å². The molecule has 1 aromatic rings. The smallest absolute Gasteiger partial charge is 0.239 e. The molecule has 4 nitrogen and oxygen atoms in total. The van der Waals surface area contributed by atoms with Gasteiger partial charge in [-0.1, -0.05) is 35.0 Å². The highest BCUT2D eigenvalue weighted by Gasteiger charge is 2.40. The van der Waals surface area contributed by atoms with Crippen LogP contribution in [0.1, 0.15) is 24.5 Å². The fourth-order valence-electron chi connectivity index (χ4n) is 1.93. The molecule has 2 rings (SSSR count). The molecule has 1 amide bonds. The van der Waals surface area contributed by atoms with E-state index in [9.17, 15) is 13.2 Å². The zero-order valence-electron chi connectivity index (χ0n) is 10.8. The fourth-order valence-corrected chi connectivity index (χ4v) is 3.94. The van der Waals surface area contributed by atoms with E-state index >= 15 is 0 Å². The van der Waals surface area contributed by atoms with E-state index in [1.807, 2.05) is 26.0 Å². The van der Waals surface area contributed by atoms with E-state index < -0.39 is 10.0 Å². The summed E-state index contributed by atoms with van der Waals surface area (Å²) in [6.45, 7) is 3.87. The number of rotatable bonds is 4. The molecule has 0 saturated heterocycles. The molecular weight excluding hydrogens is 330 g/mol. The lowest BCUT2D eigenvalue weighted by Crippen LogP contribution is -2.33. The number of carbonyl (C=O) groups excluding carboxylic acids is 1. The van der Waals surface area contributed by atoms with Crippen LogP contribution in [0.3, 0.4) is 0 Å². The molecule has 1 aliphatic rings. The van der Waals surface area contributed by atoms with E-state index in [4.69, 9.17) is 0 Å². The van der Waals surface area contributed by atoms with Gasteiger partial charge >= 0.3 is 0 Å². The lowest BCUT2D eigenvalue weighted by atomic mass is 10.2. The SMILES string of the molecule is Cc1ccc(CS(=O)(=O)NC(=O)[C@H]2C[C@H]2C)c(Br)c1. The number of benzene rings is 1. The minimum atomic E-state index is -3.63. The monoisotopic (exact) mass is 345 g/mol. The maximum atomic E-state index is 11.9. The third kappa shape index (κ3) is 3.79. The van der Waals surface area contributed by atoms with Gasteiger partial charge in [-0.3, -0.25) is 9.52 Å². The summed E-state index contributed by atoms with van der Waals surface area (Å²) in [5.41, 5.74) is 1.69. The van der Waals surface area contributed by atoms with Gasteiger partial charge in [0.15, 0.2) is 0 Å². The molecule has 0 unspecified atom stereocenters. The average Bonchev–Trinajstić information content (AvgIpc) is 2.99. The molecule has 0 heterocycles. The molecule has 1 fully saturated rings. The molecule has 104 valence electrons.